The number of ketones is 1. The molecule has 11 heteroatoms. The van der Waals surface area contributed by atoms with Gasteiger partial charge in [-0.05, 0) is 31.3 Å². The molecular formula is C19H21N5O6. The van der Waals surface area contributed by atoms with Crippen molar-refractivity contribution in [3.63, 3.8) is 0 Å². The Morgan fingerprint density at radius 3 is 2.40 bits per heavy atom. The average molecular weight is 415 g/mol. The summed E-state index contributed by atoms with van der Waals surface area (Å²) in [6, 6.07) is 5.89. The number of piperazine rings is 1. The molecule has 1 saturated heterocycles. The van der Waals surface area contributed by atoms with Crippen LogP contribution in [0.15, 0.2) is 30.6 Å². The number of ether oxygens (including phenoxy) is 2. The highest BCUT2D eigenvalue weighted by Crippen LogP contribution is 2.36. The van der Waals surface area contributed by atoms with Crippen molar-refractivity contribution in [1.82, 2.24) is 14.9 Å². The number of nitro groups is 1. The molecule has 0 unspecified atom stereocenters. The molecule has 158 valence electrons. The highest BCUT2D eigenvalue weighted by molar-refractivity contribution is 6.05. The Morgan fingerprint density at radius 2 is 1.80 bits per heavy atom. The fourth-order valence-corrected chi connectivity index (χ4v) is 2.96. The van der Waals surface area contributed by atoms with Crippen molar-refractivity contribution < 1.29 is 24.0 Å². The van der Waals surface area contributed by atoms with Crippen molar-refractivity contribution >= 4 is 23.3 Å². The van der Waals surface area contributed by atoms with Crippen molar-refractivity contribution in [1.29, 1.82) is 0 Å². The molecular weight excluding hydrogens is 394 g/mol. The Morgan fingerprint density at radius 1 is 1.13 bits per heavy atom. The normalized spacial score (nSPS) is 14.3. The number of hydrogen-bond acceptors (Lipinski definition) is 10. The van der Waals surface area contributed by atoms with Crippen LogP contribution in [0.1, 0.15) is 16.8 Å². The molecule has 0 saturated carbocycles. The van der Waals surface area contributed by atoms with Crippen molar-refractivity contribution in [2.75, 3.05) is 45.2 Å². The smallest absolute Gasteiger partial charge is 0.373 e. The summed E-state index contributed by atoms with van der Waals surface area (Å²) in [4.78, 5) is 46.4. The summed E-state index contributed by atoms with van der Waals surface area (Å²) in [5.41, 5.74) is -0.0176. The van der Waals surface area contributed by atoms with Gasteiger partial charge >= 0.3 is 17.5 Å². The van der Waals surface area contributed by atoms with E-state index in [-0.39, 0.29) is 29.6 Å². The van der Waals surface area contributed by atoms with Crippen LogP contribution in [-0.4, -0.2) is 71.9 Å². The molecule has 0 aliphatic carbocycles. The minimum Gasteiger partial charge on any atom is -0.469 e. The Labute approximate surface area is 172 Å². The van der Waals surface area contributed by atoms with Gasteiger partial charge in [0.1, 0.15) is 18.5 Å². The zero-order valence-corrected chi connectivity index (χ0v) is 16.6. The molecule has 0 spiro atoms. The fraction of sp³-hybridized carbons (Fsp3) is 0.368. The second-order valence-electron chi connectivity index (χ2n) is 6.70. The molecule has 0 amide bonds. The van der Waals surface area contributed by atoms with Gasteiger partial charge in [0.2, 0.25) is 5.82 Å². The van der Waals surface area contributed by atoms with Gasteiger partial charge < -0.3 is 19.3 Å². The summed E-state index contributed by atoms with van der Waals surface area (Å²) in [6.07, 6.45) is 0.854. The molecule has 0 bridgehead atoms. The van der Waals surface area contributed by atoms with Gasteiger partial charge in [-0.2, -0.15) is 4.98 Å². The van der Waals surface area contributed by atoms with Crippen molar-refractivity contribution in [3.05, 3.63) is 46.3 Å². The van der Waals surface area contributed by atoms with Gasteiger partial charge in [0.05, 0.1) is 12.0 Å². The van der Waals surface area contributed by atoms with E-state index in [2.05, 4.69) is 19.6 Å². The number of Topliss-reactive ketones (excluding diaryl/α,β-unsaturated/α-hetero) is 1. The number of anilines is 1. The Kier molecular flexibility index (Phi) is 6.52. The molecule has 0 atom stereocenters. The van der Waals surface area contributed by atoms with E-state index >= 15 is 0 Å². The van der Waals surface area contributed by atoms with E-state index in [1.165, 1.54) is 37.7 Å². The Balaban J connectivity index is 1.81. The molecule has 1 aromatic heterocycles. The van der Waals surface area contributed by atoms with Gasteiger partial charge in [-0.3, -0.25) is 19.7 Å². The van der Waals surface area contributed by atoms with Crippen LogP contribution < -0.4 is 9.64 Å². The number of rotatable bonds is 7. The second kappa shape index (κ2) is 9.27. The van der Waals surface area contributed by atoms with Crippen LogP contribution in [0.5, 0.6) is 11.6 Å². The van der Waals surface area contributed by atoms with E-state index in [4.69, 9.17) is 4.74 Å². The van der Waals surface area contributed by atoms with Crippen LogP contribution >= 0.6 is 0 Å². The predicted molar refractivity (Wildman–Crippen MR) is 106 cm³/mol. The third kappa shape index (κ3) is 4.87. The molecule has 1 aliphatic rings. The SMILES string of the molecule is COC(=O)CC(=O)c1ccc(Oc2ncnc(N3CCN(C)CC3)c2[N+](=O)[O-])cc1. The molecule has 11 nitrogen and oxygen atoms in total. The zero-order chi connectivity index (χ0) is 21.7. The first-order valence-electron chi connectivity index (χ1n) is 9.20. The van der Waals surface area contributed by atoms with E-state index in [0.29, 0.717) is 18.7 Å². The monoisotopic (exact) mass is 415 g/mol. The minimum absolute atomic E-state index is 0.183. The number of hydrogen-bond donors (Lipinski definition) is 0. The number of likely N-dealkylation sites (N-methyl/N-ethyl adjacent to an activating group) is 1. The summed E-state index contributed by atoms with van der Waals surface area (Å²) < 4.78 is 10.1. The molecule has 0 radical (unpaired) electrons. The molecule has 1 aromatic carbocycles. The van der Waals surface area contributed by atoms with E-state index in [0.717, 1.165) is 13.1 Å². The molecule has 0 N–H and O–H groups in total. The highest BCUT2D eigenvalue weighted by atomic mass is 16.6. The van der Waals surface area contributed by atoms with Crippen LogP contribution in [0.25, 0.3) is 0 Å². The van der Waals surface area contributed by atoms with Gasteiger partial charge in [-0.1, -0.05) is 0 Å². The largest absolute Gasteiger partial charge is 0.469 e. The summed E-state index contributed by atoms with van der Waals surface area (Å²) in [7, 11) is 3.19. The third-order valence-electron chi connectivity index (χ3n) is 4.68. The van der Waals surface area contributed by atoms with Crippen LogP contribution in [0.3, 0.4) is 0 Å². The van der Waals surface area contributed by atoms with E-state index in [1.54, 1.807) is 0 Å². The summed E-state index contributed by atoms with van der Waals surface area (Å²) in [5, 5.41) is 11.7. The third-order valence-corrected chi connectivity index (χ3v) is 4.68. The van der Waals surface area contributed by atoms with E-state index in [9.17, 15) is 19.7 Å². The predicted octanol–water partition coefficient (Wildman–Crippen LogP) is 1.67. The van der Waals surface area contributed by atoms with Crippen LogP contribution in [-0.2, 0) is 9.53 Å². The number of benzene rings is 1. The van der Waals surface area contributed by atoms with Crippen LogP contribution in [0.2, 0.25) is 0 Å². The molecule has 3 rings (SSSR count). The fourth-order valence-electron chi connectivity index (χ4n) is 2.96. The lowest BCUT2D eigenvalue weighted by molar-refractivity contribution is -0.385. The minimum atomic E-state index is -0.631. The van der Waals surface area contributed by atoms with Gasteiger partial charge in [0.15, 0.2) is 5.78 Å². The number of esters is 1. The molecule has 30 heavy (non-hydrogen) atoms. The quantitative estimate of drug-likeness (QED) is 0.216. The van der Waals surface area contributed by atoms with E-state index < -0.39 is 16.7 Å². The number of aromatic nitrogens is 2. The first-order valence-corrected chi connectivity index (χ1v) is 9.20. The average Bonchev–Trinajstić information content (AvgIpc) is 2.74. The molecule has 2 aromatic rings. The van der Waals surface area contributed by atoms with Crippen molar-refractivity contribution in [2.45, 2.75) is 6.42 Å². The summed E-state index contributed by atoms with van der Waals surface area (Å²) >= 11 is 0. The first-order chi connectivity index (χ1) is 14.4. The number of carbonyl (C=O) groups is 2. The maximum Gasteiger partial charge on any atom is 0.373 e. The van der Waals surface area contributed by atoms with Gasteiger partial charge in [0.25, 0.3) is 0 Å². The zero-order valence-electron chi connectivity index (χ0n) is 16.6. The standard InChI is InChI=1S/C19H21N5O6/c1-22-7-9-23(10-8-22)18-17(24(27)28)19(21-12-20-18)30-14-5-3-13(4-6-14)15(25)11-16(26)29-2/h3-6,12H,7-11H2,1-2H3. The van der Waals surface area contributed by atoms with Crippen molar-refractivity contribution in [2.24, 2.45) is 0 Å². The second-order valence-corrected chi connectivity index (χ2v) is 6.70. The topological polar surface area (TPSA) is 128 Å². The molecule has 1 fully saturated rings. The maximum atomic E-state index is 12.0. The van der Waals surface area contributed by atoms with Gasteiger partial charge in [-0.15, -0.1) is 0 Å². The molecule has 2 heterocycles. The van der Waals surface area contributed by atoms with E-state index in [1.807, 2.05) is 11.9 Å². The molecule has 1 aliphatic heterocycles. The summed E-state index contributed by atoms with van der Waals surface area (Å²) in [6.45, 7) is 2.73. The van der Waals surface area contributed by atoms with Gasteiger partial charge in [-0.25, -0.2) is 4.98 Å². The number of methoxy groups -OCH3 is 1. The maximum absolute atomic E-state index is 12.0. The Bertz CT molecular complexity index is 941. The Hall–Kier alpha value is -3.60. The summed E-state index contributed by atoms with van der Waals surface area (Å²) in [5.74, 6) is -0.747. The number of nitrogens with zero attached hydrogens (tertiary/aromatic N) is 5. The lowest BCUT2D eigenvalue weighted by atomic mass is 10.1. The number of carbonyl (C=O) groups excluding carboxylic acids is 2. The lowest BCUT2D eigenvalue weighted by Crippen LogP contribution is -2.45. The van der Waals surface area contributed by atoms with Crippen LogP contribution in [0, 0.1) is 10.1 Å². The highest BCUT2D eigenvalue weighted by Gasteiger charge is 2.30. The van der Waals surface area contributed by atoms with Crippen molar-refractivity contribution in [3.8, 4) is 11.6 Å². The lowest BCUT2D eigenvalue weighted by Gasteiger charge is -2.32. The van der Waals surface area contributed by atoms with Crippen LogP contribution in [0.4, 0.5) is 11.5 Å². The van der Waals surface area contributed by atoms with Gasteiger partial charge in [0, 0.05) is 31.7 Å². The first kappa shape index (κ1) is 21.1.